The highest BCUT2D eigenvalue weighted by atomic mass is 16.5. The Bertz CT molecular complexity index is 823. The third kappa shape index (κ3) is 3.02. The molecule has 24 heavy (non-hydrogen) atoms. The molecule has 2 aromatic heterocycles. The number of nitrogens with two attached hydrogens (primary N) is 1. The minimum absolute atomic E-state index is 0.655. The fourth-order valence-electron chi connectivity index (χ4n) is 3.31. The number of aromatic nitrogens is 2. The first kappa shape index (κ1) is 16.5. The van der Waals surface area contributed by atoms with Gasteiger partial charge in [0.05, 0.1) is 18.4 Å². The van der Waals surface area contributed by atoms with E-state index in [9.17, 15) is 0 Å². The molecule has 2 heterocycles. The standard InChI is InChI=1S/C20H25N3O/c1-3-14-8-6-10-15-16(9-4-5-12-21)19(23-18(14)15)17-11-7-13-22-20(17)24-2/h6-8,10-11,13,23H,3-5,9,12,21H2,1-2H3. The molecule has 4 heteroatoms. The molecule has 0 bridgehead atoms. The molecule has 3 rings (SSSR count). The SMILES string of the molecule is CCc1cccc2c(CCCCN)c(-c3cccnc3OC)[nH]c12. The van der Waals surface area contributed by atoms with E-state index >= 15 is 0 Å². The van der Waals surface area contributed by atoms with Crippen molar-refractivity contribution in [1.82, 2.24) is 9.97 Å². The van der Waals surface area contributed by atoms with Gasteiger partial charge in [-0.2, -0.15) is 0 Å². The Hall–Kier alpha value is -2.33. The van der Waals surface area contributed by atoms with E-state index in [0.29, 0.717) is 5.88 Å². The average molecular weight is 323 g/mol. The highest BCUT2D eigenvalue weighted by Crippen LogP contribution is 2.36. The van der Waals surface area contributed by atoms with Gasteiger partial charge in [-0.05, 0) is 55.5 Å². The van der Waals surface area contributed by atoms with E-state index in [-0.39, 0.29) is 0 Å². The van der Waals surface area contributed by atoms with Crippen LogP contribution in [0.3, 0.4) is 0 Å². The number of ether oxygens (including phenoxy) is 1. The molecule has 0 aliphatic carbocycles. The number of fused-ring (bicyclic) bond motifs is 1. The zero-order valence-electron chi connectivity index (χ0n) is 14.4. The second-order valence-electron chi connectivity index (χ2n) is 5.98. The van der Waals surface area contributed by atoms with Crippen molar-refractivity contribution in [3.63, 3.8) is 0 Å². The summed E-state index contributed by atoms with van der Waals surface area (Å²) in [5, 5.41) is 1.30. The largest absolute Gasteiger partial charge is 0.481 e. The molecule has 126 valence electrons. The van der Waals surface area contributed by atoms with Gasteiger partial charge in [-0.3, -0.25) is 0 Å². The van der Waals surface area contributed by atoms with Gasteiger partial charge in [-0.25, -0.2) is 4.98 Å². The highest BCUT2D eigenvalue weighted by Gasteiger charge is 2.17. The van der Waals surface area contributed by atoms with Gasteiger partial charge >= 0.3 is 0 Å². The number of hydrogen-bond acceptors (Lipinski definition) is 3. The maximum absolute atomic E-state index is 5.68. The van der Waals surface area contributed by atoms with Gasteiger partial charge in [0.25, 0.3) is 0 Å². The Morgan fingerprint density at radius 1 is 1.17 bits per heavy atom. The van der Waals surface area contributed by atoms with Crippen molar-refractivity contribution in [2.75, 3.05) is 13.7 Å². The van der Waals surface area contributed by atoms with Gasteiger partial charge in [0.1, 0.15) is 0 Å². The van der Waals surface area contributed by atoms with Crippen molar-refractivity contribution < 1.29 is 4.74 Å². The van der Waals surface area contributed by atoms with Crippen molar-refractivity contribution in [2.45, 2.75) is 32.6 Å². The zero-order valence-corrected chi connectivity index (χ0v) is 14.4. The maximum Gasteiger partial charge on any atom is 0.222 e. The van der Waals surface area contributed by atoms with Crippen LogP contribution in [0.25, 0.3) is 22.2 Å². The molecule has 0 fully saturated rings. The van der Waals surface area contributed by atoms with E-state index in [1.165, 1.54) is 22.0 Å². The number of para-hydroxylation sites is 1. The van der Waals surface area contributed by atoms with Gasteiger partial charge in [-0.1, -0.05) is 25.1 Å². The monoisotopic (exact) mass is 323 g/mol. The number of H-pyrrole nitrogens is 1. The molecule has 3 aromatic rings. The van der Waals surface area contributed by atoms with Crippen molar-refractivity contribution in [2.24, 2.45) is 5.73 Å². The summed E-state index contributed by atoms with van der Waals surface area (Å²) in [4.78, 5) is 8.01. The molecular formula is C20H25N3O. The summed E-state index contributed by atoms with van der Waals surface area (Å²) in [5.74, 6) is 0.655. The molecule has 4 nitrogen and oxygen atoms in total. The summed E-state index contributed by atoms with van der Waals surface area (Å²) >= 11 is 0. The Morgan fingerprint density at radius 2 is 2.04 bits per heavy atom. The average Bonchev–Trinajstić information content (AvgIpc) is 3.00. The summed E-state index contributed by atoms with van der Waals surface area (Å²) in [6.45, 7) is 2.92. The van der Waals surface area contributed by atoms with E-state index in [0.717, 1.165) is 43.5 Å². The lowest BCUT2D eigenvalue weighted by atomic mass is 9.99. The number of aromatic amines is 1. The van der Waals surface area contributed by atoms with Crippen molar-refractivity contribution in [1.29, 1.82) is 0 Å². The molecule has 0 saturated heterocycles. The molecule has 0 saturated carbocycles. The number of pyridine rings is 1. The first-order chi connectivity index (χ1) is 11.8. The Labute approximate surface area is 143 Å². The normalized spacial score (nSPS) is 11.1. The molecule has 0 aliphatic rings. The number of methoxy groups -OCH3 is 1. The van der Waals surface area contributed by atoms with E-state index in [1.807, 2.05) is 6.07 Å². The van der Waals surface area contributed by atoms with Crippen LogP contribution in [0.1, 0.15) is 30.9 Å². The second kappa shape index (κ2) is 7.49. The zero-order chi connectivity index (χ0) is 16.9. The van der Waals surface area contributed by atoms with Crippen LogP contribution in [0.2, 0.25) is 0 Å². The lowest BCUT2D eigenvalue weighted by Crippen LogP contribution is -1.99. The van der Waals surface area contributed by atoms with Crippen LogP contribution in [0.4, 0.5) is 0 Å². The molecular weight excluding hydrogens is 298 g/mol. The van der Waals surface area contributed by atoms with Crippen LogP contribution in [-0.4, -0.2) is 23.6 Å². The number of aryl methyl sites for hydroxylation is 2. The summed E-state index contributed by atoms with van der Waals surface area (Å²) in [6.07, 6.45) is 5.87. The second-order valence-corrected chi connectivity index (χ2v) is 5.98. The van der Waals surface area contributed by atoms with Crippen LogP contribution >= 0.6 is 0 Å². The summed E-state index contributed by atoms with van der Waals surface area (Å²) in [7, 11) is 1.67. The Kier molecular flexibility index (Phi) is 5.16. The van der Waals surface area contributed by atoms with E-state index in [1.54, 1.807) is 13.3 Å². The van der Waals surface area contributed by atoms with E-state index in [4.69, 9.17) is 10.5 Å². The number of nitrogens with one attached hydrogen (secondary N) is 1. The minimum atomic E-state index is 0.655. The number of nitrogens with zero attached hydrogens (tertiary/aromatic N) is 1. The molecule has 0 aliphatic heterocycles. The topological polar surface area (TPSA) is 63.9 Å². The van der Waals surface area contributed by atoms with Crippen LogP contribution < -0.4 is 10.5 Å². The third-order valence-electron chi connectivity index (χ3n) is 4.52. The fraction of sp³-hybridized carbons (Fsp3) is 0.350. The Balaban J connectivity index is 2.19. The molecule has 0 spiro atoms. The number of benzene rings is 1. The van der Waals surface area contributed by atoms with Gasteiger partial charge in [-0.15, -0.1) is 0 Å². The highest BCUT2D eigenvalue weighted by molar-refractivity contribution is 5.93. The minimum Gasteiger partial charge on any atom is -0.481 e. The van der Waals surface area contributed by atoms with Crippen LogP contribution in [-0.2, 0) is 12.8 Å². The van der Waals surface area contributed by atoms with Crippen LogP contribution in [0.5, 0.6) is 5.88 Å². The first-order valence-electron chi connectivity index (χ1n) is 8.62. The molecule has 0 radical (unpaired) electrons. The summed E-state index contributed by atoms with van der Waals surface area (Å²) < 4.78 is 5.48. The van der Waals surface area contributed by atoms with Gasteiger partial charge in [0, 0.05) is 17.1 Å². The van der Waals surface area contributed by atoms with Crippen LogP contribution in [0, 0.1) is 0 Å². The summed E-state index contributed by atoms with van der Waals surface area (Å²) in [6, 6.07) is 10.6. The van der Waals surface area contributed by atoms with Crippen molar-refractivity contribution >= 4 is 10.9 Å². The maximum atomic E-state index is 5.68. The lowest BCUT2D eigenvalue weighted by Gasteiger charge is -2.08. The van der Waals surface area contributed by atoms with Gasteiger partial charge < -0.3 is 15.5 Å². The number of rotatable bonds is 7. The molecule has 0 atom stereocenters. The van der Waals surface area contributed by atoms with Gasteiger partial charge in [0.15, 0.2) is 0 Å². The van der Waals surface area contributed by atoms with E-state index < -0.39 is 0 Å². The molecule has 1 aromatic carbocycles. The first-order valence-corrected chi connectivity index (χ1v) is 8.62. The summed E-state index contributed by atoms with van der Waals surface area (Å²) in [5.41, 5.74) is 11.7. The predicted molar refractivity (Wildman–Crippen MR) is 99.5 cm³/mol. The molecule has 0 unspecified atom stereocenters. The van der Waals surface area contributed by atoms with Crippen molar-refractivity contribution in [3.8, 4) is 17.1 Å². The number of hydrogen-bond donors (Lipinski definition) is 2. The molecule has 3 N–H and O–H groups in total. The van der Waals surface area contributed by atoms with Gasteiger partial charge in [0.2, 0.25) is 5.88 Å². The fourth-order valence-corrected chi connectivity index (χ4v) is 3.31. The smallest absolute Gasteiger partial charge is 0.222 e. The quantitative estimate of drug-likeness (QED) is 0.644. The Morgan fingerprint density at radius 3 is 2.79 bits per heavy atom. The predicted octanol–water partition coefficient (Wildman–Crippen LogP) is 4.08. The van der Waals surface area contributed by atoms with E-state index in [2.05, 4.69) is 41.2 Å². The molecule has 0 amide bonds. The van der Waals surface area contributed by atoms with Crippen LogP contribution in [0.15, 0.2) is 36.5 Å². The lowest BCUT2D eigenvalue weighted by molar-refractivity contribution is 0.399. The number of unbranched alkanes of at least 4 members (excludes halogenated alkanes) is 1. The van der Waals surface area contributed by atoms with Crippen molar-refractivity contribution in [3.05, 3.63) is 47.7 Å². The third-order valence-corrected chi connectivity index (χ3v) is 4.52.